The molecule has 2 aromatic carbocycles. The summed E-state index contributed by atoms with van der Waals surface area (Å²) in [5.41, 5.74) is 6.56. The van der Waals surface area contributed by atoms with E-state index in [2.05, 4.69) is 55.5 Å². The number of carbonyl (C=O) groups excluding carboxylic acids is 2. The van der Waals surface area contributed by atoms with Crippen LogP contribution in [0.25, 0.3) is 16.6 Å². The lowest BCUT2D eigenvalue weighted by Gasteiger charge is -2.39. The van der Waals surface area contributed by atoms with Gasteiger partial charge in [0, 0.05) is 80.4 Å². The number of piperidine rings is 1. The van der Waals surface area contributed by atoms with E-state index in [1.165, 1.54) is 29.0 Å². The average molecular weight is 942 g/mol. The van der Waals surface area contributed by atoms with Crippen molar-refractivity contribution >= 4 is 67.3 Å². The number of nitrogens with zero attached hydrogens (tertiary/aromatic N) is 6. The van der Waals surface area contributed by atoms with Crippen LogP contribution in [0.15, 0.2) is 89.7 Å². The molecule has 5 heterocycles. The van der Waals surface area contributed by atoms with Crippen molar-refractivity contribution in [1.82, 2.24) is 34.4 Å². The zero-order valence-corrected chi connectivity index (χ0v) is 39.9. The number of aromatic amines is 1. The van der Waals surface area contributed by atoms with E-state index in [1.54, 1.807) is 24.5 Å². The number of benzene rings is 2. The van der Waals surface area contributed by atoms with E-state index >= 15 is 0 Å². The van der Waals surface area contributed by atoms with E-state index in [4.69, 9.17) is 27.9 Å². The van der Waals surface area contributed by atoms with Gasteiger partial charge in [0.05, 0.1) is 29.0 Å². The zero-order chi connectivity index (χ0) is 45.9. The summed E-state index contributed by atoms with van der Waals surface area (Å²) < 4.78 is 36.0. The van der Waals surface area contributed by atoms with Crippen molar-refractivity contribution in [3.8, 4) is 11.5 Å². The number of allylic oxidation sites excluding steroid dienone is 1. The number of sulfonamides is 1. The Morgan fingerprint density at radius 2 is 1.69 bits per heavy atom. The lowest BCUT2D eigenvalue weighted by atomic mass is 9.72. The van der Waals surface area contributed by atoms with Gasteiger partial charge in [-0.3, -0.25) is 19.5 Å². The monoisotopic (exact) mass is 940 g/mol. The molecule has 65 heavy (non-hydrogen) atoms. The fraction of sp³-hybridized carbons (Fsp3) is 0.429. The number of anilines is 1. The molecule has 0 unspecified atom stereocenters. The van der Waals surface area contributed by atoms with Crippen LogP contribution in [-0.4, -0.2) is 116 Å². The number of aryl methyl sites for hydroxylation is 1. The van der Waals surface area contributed by atoms with Gasteiger partial charge in [-0.15, -0.1) is 0 Å². The quantitative estimate of drug-likeness (QED) is 0.111. The molecule has 3 aromatic heterocycles. The minimum Gasteiger partial charge on any atom is -0.455 e. The van der Waals surface area contributed by atoms with Crippen LogP contribution < -0.4 is 14.4 Å². The minimum absolute atomic E-state index is 0.0390. The topological polar surface area (TPSA) is 144 Å². The lowest BCUT2D eigenvalue weighted by Crippen LogP contribution is -2.47. The number of H-pyrrole nitrogens is 1. The van der Waals surface area contributed by atoms with Crippen molar-refractivity contribution in [3.63, 3.8) is 0 Å². The molecule has 2 saturated heterocycles. The highest BCUT2D eigenvalue weighted by molar-refractivity contribution is 7.90. The molecule has 2 fully saturated rings. The van der Waals surface area contributed by atoms with Crippen molar-refractivity contribution in [2.75, 3.05) is 71.4 Å². The van der Waals surface area contributed by atoms with Gasteiger partial charge in [-0.2, -0.15) is 0 Å². The Kier molecular flexibility index (Phi) is 14.2. The smallest absolute Gasteiger partial charge is 0.268 e. The number of carbonyl (C=O) groups is 2. The van der Waals surface area contributed by atoms with Crippen molar-refractivity contribution in [2.45, 2.75) is 63.7 Å². The molecule has 1 aliphatic carbocycles. The zero-order valence-electron chi connectivity index (χ0n) is 37.6. The Morgan fingerprint density at radius 3 is 2.42 bits per heavy atom. The summed E-state index contributed by atoms with van der Waals surface area (Å²) in [7, 11) is -0.605. The molecule has 0 saturated carbocycles. The SMILES string of the molecule is CN(C)CC(=O)N1CCC(CCc2ncc(S(=O)(=O)NC(=O)c3ccc(N4CCN(CC5=C(c6ccc(Cl)cc6)CC(C)(C)CC5)CC4)cc3Oc3cnc4[nH]ccc4c3)cc2Cl)CC1. The standard InChI is InChI=1S/C49H58Cl2N8O5S/c1-49(2)17-13-36(42(28-49)34-6-8-37(50)9-7-34)31-57-21-23-58(24-22-57)38-10-11-41(45(26-38)64-39-25-35-14-18-52-47(35)54-29-39)48(61)55-65(62,63)40-27-43(51)44(53-30-40)12-5-33-15-19-59(20-16-33)46(60)32-56(3)4/h6-11,14,18,25-27,29-30,33H,5,12-13,15-17,19-24,28,31-32H2,1-4H3,(H,52,54)(H,55,61). The van der Waals surface area contributed by atoms with E-state index in [-0.39, 0.29) is 32.6 Å². The number of ether oxygens (including phenoxy) is 1. The number of aromatic nitrogens is 3. The molecular weight excluding hydrogens is 884 g/mol. The van der Waals surface area contributed by atoms with Crippen molar-refractivity contribution < 1.29 is 22.7 Å². The van der Waals surface area contributed by atoms with Crippen LogP contribution in [-0.2, 0) is 21.2 Å². The molecule has 8 rings (SSSR count). The first-order chi connectivity index (χ1) is 31.1. The highest BCUT2D eigenvalue weighted by Gasteiger charge is 2.31. The van der Waals surface area contributed by atoms with Crippen LogP contribution in [0, 0.1) is 11.3 Å². The van der Waals surface area contributed by atoms with Gasteiger partial charge >= 0.3 is 0 Å². The summed E-state index contributed by atoms with van der Waals surface area (Å²) in [5, 5.41) is 1.77. The van der Waals surface area contributed by atoms with Gasteiger partial charge < -0.3 is 24.4 Å². The maximum atomic E-state index is 14.0. The number of piperazine rings is 1. The fourth-order valence-corrected chi connectivity index (χ4v) is 10.6. The van der Waals surface area contributed by atoms with E-state index in [1.807, 2.05) is 54.2 Å². The molecule has 0 atom stereocenters. The third-order valence-electron chi connectivity index (χ3n) is 13.0. The first kappa shape index (κ1) is 46.5. The molecule has 2 amide bonds. The van der Waals surface area contributed by atoms with Crippen molar-refractivity contribution in [1.29, 1.82) is 0 Å². The summed E-state index contributed by atoms with van der Waals surface area (Å²) in [4.78, 5) is 46.7. The highest BCUT2D eigenvalue weighted by Crippen LogP contribution is 2.43. The predicted octanol–water partition coefficient (Wildman–Crippen LogP) is 8.69. The number of nitrogens with one attached hydrogen (secondary N) is 2. The van der Waals surface area contributed by atoms with E-state index in [0.717, 1.165) is 87.3 Å². The Bertz CT molecular complexity index is 2670. The first-order valence-corrected chi connectivity index (χ1v) is 24.7. The number of amides is 2. The summed E-state index contributed by atoms with van der Waals surface area (Å²) in [6, 6.07) is 18.5. The van der Waals surface area contributed by atoms with Gasteiger partial charge in [-0.25, -0.2) is 18.1 Å². The molecule has 2 aliphatic heterocycles. The van der Waals surface area contributed by atoms with Crippen LogP contribution in [0.5, 0.6) is 11.5 Å². The first-order valence-electron chi connectivity index (χ1n) is 22.4. The fourth-order valence-electron chi connectivity index (χ4n) is 9.18. The molecule has 3 aliphatic rings. The average Bonchev–Trinajstić information content (AvgIpc) is 3.75. The van der Waals surface area contributed by atoms with Crippen molar-refractivity contribution in [2.24, 2.45) is 11.3 Å². The largest absolute Gasteiger partial charge is 0.455 e. The van der Waals surface area contributed by atoms with Crippen LogP contribution in [0.4, 0.5) is 5.69 Å². The van der Waals surface area contributed by atoms with Crippen LogP contribution in [0.3, 0.4) is 0 Å². The number of fused-ring (bicyclic) bond motifs is 1. The molecular formula is C49H58Cl2N8O5S. The predicted molar refractivity (Wildman–Crippen MR) is 257 cm³/mol. The molecule has 13 nitrogen and oxygen atoms in total. The number of pyridine rings is 2. The molecule has 5 aromatic rings. The number of likely N-dealkylation sites (N-methyl/N-ethyl adjacent to an activating group) is 1. The van der Waals surface area contributed by atoms with E-state index < -0.39 is 15.9 Å². The van der Waals surface area contributed by atoms with E-state index in [0.29, 0.717) is 49.1 Å². The highest BCUT2D eigenvalue weighted by atomic mass is 35.5. The number of halogens is 2. The lowest BCUT2D eigenvalue weighted by molar-refractivity contribution is -0.133. The molecule has 16 heteroatoms. The molecule has 0 bridgehead atoms. The third-order valence-corrected chi connectivity index (χ3v) is 14.9. The molecule has 0 spiro atoms. The summed E-state index contributed by atoms with van der Waals surface area (Å²) in [6.45, 7) is 10.6. The van der Waals surface area contributed by atoms with Gasteiger partial charge in [0.1, 0.15) is 22.0 Å². The normalized spacial score (nSPS) is 17.5. The second-order valence-electron chi connectivity index (χ2n) is 18.7. The minimum atomic E-state index is -4.38. The summed E-state index contributed by atoms with van der Waals surface area (Å²) >= 11 is 12.9. The second-order valence-corrected chi connectivity index (χ2v) is 21.2. The summed E-state index contributed by atoms with van der Waals surface area (Å²) in [6.07, 6.45) is 11.0. The van der Waals surface area contributed by atoms with Crippen molar-refractivity contribution in [3.05, 3.63) is 112 Å². The van der Waals surface area contributed by atoms with Crippen LogP contribution in [0.1, 0.15) is 74.0 Å². The maximum absolute atomic E-state index is 14.0. The van der Waals surface area contributed by atoms with Gasteiger partial charge in [0.2, 0.25) is 5.91 Å². The Hall–Kier alpha value is -4.99. The third kappa shape index (κ3) is 11.5. The van der Waals surface area contributed by atoms with Gasteiger partial charge in [0.25, 0.3) is 15.9 Å². The van der Waals surface area contributed by atoms with Gasteiger partial charge in [-0.05, 0) is 124 Å². The molecule has 0 radical (unpaired) electrons. The second kappa shape index (κ2) is 19.9. The molecule has 344 valence electrons. The number of rotatable bonds is 14. The van der Waals surface area contributed by atoms with E-state index in [9.17, 15) is 18.0 Å². The van der Waals surface area contributed by atoms with Gasteiger partial charge in [0.15, 0.2) is 0 Å². The Labute approximate surface area is 392 Å². The maximum Gasteiger partial charge on any atom is 0.268 e. The number of likely N-dealkylation sites (tertiary alicyclic amines) is 1. The number of hydrogen-bond acceptors (Lipinski definition) is 10. The van der Waals surface area contributed by atoms with Crippen LogP contribution in [0.2, 0.25) is 10.0 Å². The Balaban J connectivity index is 0.944. The van der Waals surface area contributed by atoms with Crippen LogP contribution >= 0.6 is 23.2 Å². The summed E-state index contributed by atoms with van der Waals surface area (Å²) in [5.74, 6) is 0.266. The van der Waals surface area contributed by atoms with Gasteiger partial charge in [-0.1, -0.05) is 54.8 Å². The Morgan fingerprint density at radius 1 is 0.938 bits per heavy atom. The molecule has 2 N–H and O–H groups in total. The number of hydrogen-bond donors (Lipinski definition) is 2.